The van der Waals surface area contributed by atoms with Crippen LogP contribution < -0.4 is 4.74 Å². The minimum atomic E-state index is -0.960. The maximum absolute atomic E-state index is 13.6. The zero-order valence-corrected chi connectivity index (χ0v) is 17.0. The van der Waals surface area contributed by atoms with Gasteiger partial charge in [-0.2, -0.15) is 4.68 Å². The van der Waals surface area contributed by atoms with Gasteiger partial charge >= 0.3 is 0 Å². The second kappa shape index (κ2) is 9.17. The van der Waals surface area contributed by atoms with Gasteiger partial charge in [0.2, 0.25) is 0 Å². The van der Waals surface area contributed by atoms with Gasteiger partial charge in [-0.15, -0.1) is 5.10 Å². The van der Waals surface area contributed by atoms with Gasteiger partial charge < -0.3 is 9.64 Å². The van der Waals surface area contributed by atoms with Gasteiger partial charge in [-0.05, 0) is 41.6 Å². The first-order valence-electron chi connectivity index (χ1n) is 9.97. The van der Waals surface area contributed by atoms with Crippen LogP contribution in [0.1, 0.15) is 12.7 Å². The fourth-order valence-corrected chi connectivity index (χ4v) is 3.46. The van der Waals surface area contributed by atoms with Gasteiger partial charge in [-0.1, -0.05) is 18.2 Å². The van der Waals surface area contributed by atoms with Crippen molar-refractivity contribution in [3.8, 4) is 11.4 Å². The highest BCUT2D eigenvalue weighted by Gasteiger charge is 2.27. The maximum Gasteiger partial charge on any atom is 0.263 e. The molecule has 0 saturated carbocycles. The number of aromatic nitrogens is 4. The van der Waals surface area contributed by atoms with Crippen molar-refractivity contribution in [2.24, 2.45) is 0 Å². The van der Waals surface area contributed by atoms with E-state index in [-0.39, 0.29) is 5.91 Å². The molecule has 1 amide bonds. The summed E-state index contributed by atoms with van der Waals surface area (Å²) in [7, 11) is 0. The van der Waals surface area contributed by atoms with E-state index in [2.05, 4.69) is 20.4 Å². The Morgan fingerprint density at radius 1 is 1.06 bits per heavy atom. The Kier molecular flexibility index (Phi) is 6.17. The lowest BCUT2D eigenvalue weighted by Crippen LogP contribution is -2.51. The molecule has 4 rings (SSSR count). The number of tetrazole rings is 1. The molecule has 0 radical (unpaired) electrons. The van der Waals surface area contributed by atoms with Gasteiger partial charge in [0.25, 0.3) is 5.91 Å². The number of hydrogen-bond donors (Lipinski definition) is 0. The van der Waals surface area contributed by atoms with Crippen LogP contribution in [0.2, 0.25) is 0 Å². The van der Waals surface area contributed by atoms with Crippen LogP contribution in [-0.2, 0) is 11.3 Å². The van der Waals surface area contributed by atoms with Crippen molar-refractivity contribution in [2.45, 2.75) is 19.6 Å². The van der Waals surface area contributed by atoms with E-state index in [0.29, 0.717) is 50.0 Å². The first-order chi connectivity index (χ1) is 15.0. The fraction of sp³-hybridized carbons (Fsp3) is 0.333. The van der Waals surface area contributed by atoms with Crippen LogP contribution in [0.25, 0.3) is 5.69 Å². The Balaban J connectivity index is 1.33. The van der Waals surface area contributed by atoms with E-state index in [1.807, 2.05) is 30.3 Å². The van der Waals surface area contributed by atoms with E-state index in [0.717, 1.165) is 12.1 Å². The van der Waals surface area contributed by atoms with E-state index in [4.69, 9.17) is 4.74 Å². The number of hydrogen-bond acceptors (Lipinski definition) is 6. The standard InChI is InChI=1S/C21H22F2N6O2/c1-15(31-17-5-3-2-4-6-17)21(30)28-11-9-27(10-12-28)14-20-24-25-26-29(20)16-7-8-18(22)19(23)13-16/h2-8,13,15H,9-12,14H2,1H3. The molecule has 2 aromatic carbocycles. The highest BCUT2D eigenvalue weighted by Crippen LogP contribution is 2.16. The second-order valence-electron chi connectivity index (χ2n) is 7.28. The lowest BCUT2D eigenvalue weighted by molar-refractivity contribution is -0.139. The Bertz CT molecular complexity index is 1040. The molecule has 0 aliphatic carbocycles. The van der Waals surface area contributed by atoms with E-state index < -0.39 is 17.7 Å². The Morgan fingerprint density at radius 2 is 1.81 bits per heavy atom. The summed E-state index contributed by atoms with van der Waals surface area (Å²) in [6.07, 6.45) is -0.574. The fourth-order valence-electron chi connectivity index (χ4n) is 3.46. The summed E-state index contributed by atoms with van der Waals surface area (Å²) < 4.78 is 33.9. The van der Waals surface area contributed by atoms with Crippen LogP contribution in [0.15, 0.2) is 48.5 Å². The smallest absolute Gasteiger partial charge is 0.263 e. The minimum absolute atomic E-state index is 0.0601. The molecule has 0 bridgehead atoms. The van der Waals surface area contributed by atoms with Gasteiger partial charge in [0.1, 0.15) is 5.75 Å². The van der Waals surface area contributed by atoms with E-state index >= 15 is 0 Å². The van der Waals surface area contributed by atoms with Gasteiger partial charge in [0, 0.05) is 32.2 Å². The lowest BCUT2D eigenvalue weighted by atomic mass is 10.2. The number of ether oxygens (including phenoxy) is 1. The molecule has 31 heavy (non-hydrogen) atoms. The van der Waals surface area contributed by atoms with Crippen molar-refractivity contribution < 1.29 is 18.3 Å². The van der Waals surface area contributed by atoms with Crippen molar-refractivity contribution in [1.82, 2.24) is 30.0 Å². The third kappa shape index (κ3) is 4.85. The monoisotopic (exact) mass is 428 g/mol. The minimum Gasteiger partial charge on any atom is -0.481 e. The van der Waals surface area contributed by atoms with Crippen LogP contribution in [0.4, 0.5) is 8.78 Å². The normalized spacial score (nSPS) is 15.6. The molecule has 0 N–H and O–H groups in total. The van der Waals surface area contributed by atoms with Crippen LogP contribution in [0.3, 0.4) is 0 Å². The highest BCUT2D eigenvalue weighted by molar-refractivity contribution is 5.81. The molecular weight excluding hydrogens is 406 g/mol. The van der Waals surface area contributed by atoms with E-state index in [9.17, 15) is 13.6 Å². The summed E-state index contributed by atoms with van der Waals surface area (Å²) in [5, 5.41) is 11.6. The van der Waals surface area contributed by atoms with Crippen LogP contribution in [-0.4, -0.2) is 68.2 Å². The van der Waals surface area contributed by atoms with Crippen molar-refractivity contribution in [1.29, 1.82) is 0 Å². The first kappa shape index (κ1) is 20.9. The number of rotatable bonds is 6. The Labute approximate surface area is 178 Å². The summed E-state index contributed by atoms with van der Waals surface area (Å²) in [6.45, 7) is 4.53. The molecule has 1 unspecified atom stereocenters. The van der Waals surface area contributed by atoms with E-state index in [1.54, 1.807) is 11.8 Å². The molecule has 1 aliphatic heterocycles. The van der Waals surface area contributed by atoms with Crippen LogP contribution in [0.5, 0.6) is 5.75 Å². The Hall–Kier alpha value is -3.40. The molecule has 1 aliphatic rings. The molecule has 1 fully saturated rings. The molecule has 8 nitrogen and oxygen atoms in total. The number of nitrogens with zero attached hydrogens (tertiary/aromatic N) is 6. The number of piperazine rings is 1. The number of carbonyl (C=O) groups is 1. The largest absolute Gasteiger partial charge is 0.481 e. The SMILES string of the molecule is CC(Oc1ccccc1)C(=O)N1CCN(Cc2nnnn2-c2ccc(F)c(F)c2)CC1. The summed E-state index contributed by atoms with van der Waals surface area (Å²) in [5.41, 5.74) is 0.347. The summed E-state index contributed by atoms with van der Waals surface area (Å²) in [4.78, 5) is 16.6. The van der Waals surface area contributed by atoms with Gasteiger partial charge in [-0.3, -0.25) is 9.69 Å². The summed E-state index contributed by atoms with van der Waals surface area (Å²) >= 11 is 0. The van der Waals surface area contributed by atoms with E-state index in [1.165, 1.54) is 10.7 Å². The summed E-state index contributed by atoms with van der Waals surface area (Å²) in [6, 6.07) is 12.8. The van der Waals surface area contributed by atoms with Crippen molar-refractivity contribution in [2.75, 3.05) is 26.2 Å². The molecule has 0 spiro atoms. The molecular formula is C21H22F2N6O2. The van der Waals surface area contributed by atoms with Crippen molar-refractivity contribution in [3.63, 3.8) is 0 Å². The van der Waals surface area contributed by atoms with Crippen LogP contribution in [0, 0.1) is 11.6 Å². The molecule has 2 heterocycles. The van der Waals surface area contributed by atoms with Gasteiger partial charge in [0.15, 0.2) is 23.6 Å². The maximum atomic E-state index is 13.6. The predicted molar refractivity (Wildman–Crippen MR) is 107 cm³/mol. The number of para-hydroxylation sites is 1. The number of amides is 1. The molecule has 1 saturated heterocycles. The molecule has 3 aromatic rings. The molecule has 10 heteroatoms. The first-order valence-corrected chi connectivity index (χ1v) is 9.97. The van der Waals surface area contributed by atoms with Crippen LogP contribution >= 0.6 is 0 Å². The number of carbonyl (C=O) groups excluding carboxylic acids is 1. The average Bonchev–Trinajstić information content (AvgIpc) is 3.24. The Morgan fingerprint density at radius 3 is 2.52 bits per heavy atom. The van der Waals surface area contributed by atoms with Crippen molar-refractivity contribution in [3.05, 3.63) is 66.0 Å². The number of halogens is 2. The highest BCUT2D eigenvalue weighted by atomic mass is 19.2. The zero-order valence-electron chi connectivity index (χ0n) is 17.0. The predicted octanol–water partition coefficient (Wildman–Crippen LogP) is 2.05. The zero-order chi connectivity index (χ0) is 21.8. The molecule has 1 atom stereocenters. The summed E-state index contributed by atoms with van der Waals surface area (Å²) in [5.74, 6) is -0.782. The third-order valence-corrected chi connectivity index (χ3v) is 5.13. The molecule has 162 valence electrons. The lowest BCUT2D eigenvalue weighted by Gasteiger charge is -2.35. The topological polar surface area (TPSA) is 76.4 Å². The number of benzene rings is 2. The van der Waals surface area contributed by atoms with Gasteiger partial charge in [0.05, 0.1) is 12.2 Å². The van der Waals surface area contributed by atoms with Gasteiger partial charge in [-0.25, -0.2) is 8.78 Å². The average molecular weight is 428 g/mol. The molecule has 1 aromatic heterocycles. The quantitative estimate of drug-likeness (QED) is 0.598. The van der Waals surface area contributed by atoms with Crippen molar-refractivity contribution >= 4 is 5.91 Å². The second-order valence-corrected chi connectivity index (χ2v) is 7.28. The third-order valence-electron chi connectivity index (χ3n) is 5.13.